The Bertz CT molecular complexity index is 508. The van der Waals surface area contributed by atoms with Crippen LogP contribution >= 0.6 is 0 Å². The Morgan fingerprint density at radius 3 is 2.79 bits per heavy atom. The predicted molar refractivity (Wildman–Crippen MR) is 67.4 cm³/mol. The van der Waals surface area contributed by atoms with Crippen LogP contribution in [-0.2, 0) is 11.3 Å². The number of tetrazole rings is 1. The first-order valence-corrected chi connectivity index (χ1v) is 6.51. The van der Waals surface area contributed by atoms with Crippen LogP contribution in [0.3, 0.4) is 0 Å². The number of morpholine rings is 1. The standard InChI is InChI=1S/C12H16N6O/c1-3-13-4-2-11(1)12-14-16-18(15-12)6-5-17-7-9-19-10-8-17/h1-4H,5-10H2/p+1. The second kappa shape index (κ2) is 5.85. The first-order chi connectivity index (χ1) is 9.42. The van der Waals surface area contributed by atoms with Crippen LogP contribution < -0.4 is 4.90 Å². The molecule has 0 aromatic carbocycles. The molecular weight excluding hydrogens is 244 g/mol. The molecule has 100 valence electrons. The van der Waals surface area contributed by atoms with Crippen LogP contribution in [0.4, 0.5) is 0 Å². The van der Waals surface area contributed by atoms with Gasteiger partial charge in [0.05, 0.1) is 19.8 Å². The van der Waals surface area contributed by atoms with Crippen LogP contribution in [0.15, 0.2) is 24.5 Å². The Hall–Kier alpha value is -1.86. The lowest BCUT2D eigenvalue weighted by atomic mass is 10.3. The van der Waals surface area contributed by atoms with E-state index in [0.29, 0.717) is 5.82 Å². The highest BCUT2D eigenvalue weighted by Gasteiger charge is 2.14. The predicted octanol–water partition coefficient (Wildman–Crippen LogP) is -1.35. The van der Waals surface area contributed by atoms with E-state index >= 15 is 0 Å². The molecule has 0 bridgehead atoms. The average molecular weight is 261 g/mol. The molecule has 2 aromatic heterocycles. The minimum atomic E-state index is 0.652. The lowest BCUT2D eigenvalue weighted by Gasteiger charge is -2.23. The van der Waals surface area contributed by atoms with E-state index < -0.39 is 0 Å². The summed E-state index contributed by atoms with van der Waals surface area (Å²) in [6, 6.07) is 3.77. The second-order valence-electron chi connectivity index (χ2n) is 4.56. The number of hydrogen-bond donors (Lipinski definition) is 1. The summed E-state index contributed by atoms with van der Waals surface area (Å²) in [6.07, 6.45) is 3.46. The summed E-state index contributed by atoms with van der Waals surface area (Å²) in [5.41, 5.74) is 0.944. The molecule has 1 fully saturated rings. The van der Waals surface area contributed by atoms with Crippen LogP contribution in [0.5, 0.6) is 0 Å². The minimum absolute atomic E-state index is 0.652. The molecule has 19 heavy (non-hydrogen) atoms. The molecule has 7 nitrogen and oxygen atoms in total. The largest absolute Gasteiger partial charge is 0.370 e. The van der Waals surface area contributed by atoms with Crippen molar-refractivity contribution in [2.75, 3.05) is 32.8 Å². The van der Waals surface area contributed by atoms with Crippen molar-refractivity contribution in [2.24, 2.45) is 0 Å². The molecule has 3 rings (SSSR count). The van der Waals surface area contributed by atoms with E-state index in [1.165, 1.54) is 4.90 Å². The van der Waals surface area contributed by atoms with Gasteiger partial charge in [0.25, 0.3) is 0 Å². The van der Waals surface area contributed by atoms with Gasteiger partial charge in [0.15, 0.2) is 0 Å². The fraction of sp³-hybridized carbons (Fsp3) is 0.500. The lowest BCUT2D eigenvalue weighted by molar-refractivity contribution is -0.908. The maximum atomic E-state index is 5.34. The molecule has 0 radical (unpaired) electrons. The zero-order chi connectivity index (χ0) is 12.9. The van der Waals surface area contributed by atoms with Crippen molar-refractivity contribution in [3.8, 4) is 11.4 Å². The van der Waals surface area contributed by atoms with Crippen LogP contribution in [0, 0.1) is 0 Å². The molecule has 3 heterocycles. The van der Waals surface area contributed by atoms with Gasteiger partial charge in [0.2, 0.25) is 5.82 Å². The third-order valence-electron chi connectivity index (χ3n) is 3.26. The molecule has 1 N–H and O–H groups in total. The Morgan fingerprint density at radius 1 is 1.21 bits per heavy atom. The first-order valence-electron chi connectivity index (χ1n) is 6.51. The topological polar surface area (TPSA) is 70.2 Å². The van der Waals surface area contributed by atoms with E-state index in [4.69, 9.17) is 4.74 Å². The molecule has 0 aliphatic carbocycles. The Kier molecular flexibility index (Phi) is 3.75. The van der Waals surface area contributed by atoms with E-state index in [9.17, 15) is 0 Å². The molecule has 2 aromatic rings. The van der Waals surface area contributed by atoms with Crippen LogP contribution in [0.2, 0.25) is 0 Å². The molecular formula is C12H17N6O+. The Morgan fingerprint density at radius 2 is 2.00 bits per heavy atom. The molecule has 0 saturated carbocycles. The summed E-state index contributed by atoms with van der Waals surface area (Å²) in [7, 11) is 0. The van der Waals surface area contributed by atoms with Gasteiger partial charge in [-0.3, -0.25) is 4.98 Å². The highest BCUT2D eigenvalue weighted by Crippen LogP contribution is 2.10. The van der Waals surface area contributed by atoms with Gasteiger partial charge in [-0.05, 0) is 17.3 Å². The normalized spacial score (nSPS) is 16.6. The van der Waals surface area contributed by atoms with Gasteiger partial charge < -0.3 is 9.64 Å². The minimum Gasteiger partial charge on any atom is -0.370 e. The highest BCUT2D eigenvalue weighted by atomic mass is 16.5. The van der Waals surface area contributed by atoms with E-state index in [-0.39, 0.29) is 0 Å². The number of pyridine rings is 1. The third kappa shape index (κ3) is 3.12. The third-order valence-corrected chi connectivity index (χ3v) is 3.26. The molecule has 1 saturated heterocycles. The lowest BCUT2D eigenvalue weighted by Crippen LogP contribution is -3.14. The molecule has 1 aliphatic rings. The first kappa shape index (κ1) is 12.2. The number of nitrogens with one attached hydrogen (secondary N) is 1. The molecule has 0 unspecified atom stereocenters. The summed E-state index contributed by atoms with van der Waals surface area (Å²) >= 11 is 0. The Balaban J connectivity index is 1.59. The van der Waals surface area contributed by atoms with Crippen molar-refractivity contribution in [3.05, 3.63) is 24.5 Å². The van der Waals surface area contributed by atoms with Gasteiger partial charge in [-0.15, -0.1) is 10.2 Å². The summed E-state index contributed by atoms with van der Waals surface area (Å²) in [5.74, 6) is 0.652. The molecule has 0 spiro atoms. The molecule has 1 aliphatic heterocycles. The second-order valence-corrected chi connectivity index (χ2v) is 4.56. The van der Waals surface area contributed by atoms with Gasteiger partial charge in [-0.25, -0.2) is 0 Å². The Labute approximate surface area is 111 Å². The van der Waals surface area contributed by atoms with Crippen molar-refractivity contribution in [3.63, 3.8) is 0 Å². The fourth-order valence-electron chi connectivity index (χ4n) is 2.12. The number of quaternary nitrogens is 1. The van der Waals surface area contributed by atoms with Crippen LogP contribution in [0.1, 0.15) is 0 Å². The number of hydrogen-bond acceptors (Lipinski definition) is 5. The van der Waals surface area contributed by atoms with E-state index in [1.54, 1.807) is 17.2 Å². The summed E-state index contributed by atoms with van der Waals surface area (Å²) in [6.45, 7) is 5.62. The maximum absolute atomic E-state index is 5.34. The summed E-state index contributed by atoms with van der Waals surface area (Å²) in [4.78, 5) is 7.18. The van der Waals surface area contributed by atoms with Crippen molar-refractivity contribution in [1.29, 1.82) is 0 Å². The van der Waals surface area contributed by atoms with E-state index in [1.807, 2.05) is 12.1 Å². The number of ether oxygens (including phenoxy) is 1. The van der Waals surface area contributed by atoms with Crippen LogP contribution in [0.25, 0.3) is 11.4 Å². The van der Waals surface area contributed by atoms with Gasteiger partial charge in [-0.2, -0.15) is 4.80 Å². The molecule has 0 atom stereocenters. The SMILES string of the molecule is c1cc(-c2nnn(CC[NH+]3CCOCC3)n2)ccn1. The highest BCUT2D eigenvalue weighted by molar-refractivity contribution is 5.51. The maximum Gasteiger partial charge on any atom is 0.205 e. The van der Waals surface area contributed by atoms with Crippen molar-refractivity contribution < 1.29 is 9.64 Å². The summed E-state index contributed by atoms with van der Waals surface area (Å²) < 4.78 is 5.34. The molecule has 0 amide bonds. The fourth-order valence-corrected chi connectivity index (χ4v) is 2.12. The van der Waals surface area contributed by atoms with Gasteiger partial charge in [0.1, 0.15) is 19.6 Å². The quantitative estimate of drug-likeness (QED) is 0.737. The van der Waals surface area contributed by atoms with Crippen molar-refractivity contribution in [1.82, 2.24) is 25.2 Å². The monoisotopic (exact) mass is 261 g/mol. The van der Waals surface area contributed by atoms with E-state index in [0.717, 1.165) is 45.0 Å². The zero-order valence-corrected chi connectivity index (χ0v) is 10.7. The zero-order valence-electron chi connectivity index (χ0n) is 10.7. The van der Waals surface area contributed by atoms with Crippen LogP contribution in [-0.4, -0.2) is 58.0 Å². The van der Waals surface area contributed by atoms with E-state index in [2.05, 4.69) is 20.4 Å². The van der Waals surface area contributed by atoms with Crippen molar-refractivity contribution >= 4 is 0 Å². The average Bonchev–Trinajstić information content (AvgIpc) is 2.96. The van der Waals surface area contributed by atoms with Gasteiger partial charge >= 0.3 is 0 Å². The number of rotatable bonds is 4. The number of nitrogens with zero attached hydrogens (tertiary/aromatic N) is 5. The van der Waals surface area contributed by atoms with Gasteiger partial charge in [0, 0.05) is 18.0 Å². The van der Waals surface area contributed by atoms with Gasteiger partial charge in [-0.1, -0.05) is 0 Å². The summed E-state index contributed by atoms with van der Waals surface area (Å²) in [5, 5.41) is 12.5. The van der Waals surface area contributed by atoms with Crippen molar-refractivity contribution in [2.45, 2.75) is 6.54 Å². The number of aromatic nitrogens is 5. The smallest absolute Gasteiger partial charge is 0.205 e. The molecule has 7 heteroatoms.